The first kappa shape index (κ1) is 19.8. The Kier molecular flexibility index (Phi) is 5.56. The molecule has 2 amide bonds. The molecule has 0 saturated heterocycles. The van der Waals surface area contributed by atoms with Crippen molar-refractivity contribution in [3.63, 3.8) is 0 Å². The zero-order chi connectivity index (χ0) is 21.1. The number of rotatable bonds is 4. The molecule has 2 heterocycles. The van der Waals surface area contributed by atoms with Crippen molar-refractivity contribution >= 4 is 11.7 Å². The van der Waals surface area contributed by atoms with Crippen molar-refractivity contribution in [1.29, 1.82) is 0 Å². The molecule has 1 N–H and O–H groups in total. The fourth-order valence-electron chi connectivity index (χ4n) is 3.53. The van der Waals surface area contributed by atoms with E-state index in [0.29, 0.717) is 31.1 Å². The van der Waals surface area contributed by atoms with E-state index in [0.717, 1.165) is 23.4 Å². The summed E-state index contributed by atoms with van der Waals surface area (Å²) in [7, 11) is 3.19. The van der Waals surface area contributed by atoms with Crippen LogP contribution < -0.4 is 14.8 Å². The van der Waals surface area contributed by atoms with E-state index in [4.69, 9.17) is 14.6 Å². The Morgan fingerprint density at radius 1 is 1.07 bits per heavy atom. The number of urea groups is 1. The molecule has 0 saturated carbocycles. The fourth-order valence-corrected chi connectivity index (χ4v) is 3.53. The Morgan fingerprint density at radius 3 is 2.63 bits per heavy atom. The molecule has 0 unspecified atom stereocenters. The first-order valence-corrected chi connectivity index (χ1v) is 9.68. The number of amides is 2. The average Bonchev–Trinajstić information content (AvgIpc) is 3.06. The van der Waals surface area contributed by atoms with Crippen LogP contribution in [-0.4, -0.2) is 41.5 Å². The van der Waals surface area contributed by atoms with E-state index >= 15 is 0 Å². The Labute approximate surface area is 174 Å². The van der Waals surface area contributed by atoms with Crippen LogP contribution in [0.3, 0.4) is 0 Å². The van der Waals surface area contributed by atoms with E-state index in [-0.39, 0.29) is 11.7 Å². The number of benzene rings is 2. The highest BCUT2D eigenvalue weighted by Gasteiger charge is 2.22. The number of anilines is 1. The van der Waals surface area contributed by atoms with E-state index in [9.17, 15) is 9.18 Å². The van der Waals surface area contributed by atoms with Gasteiger partial charge in [0.1, 0.15) is 5.82 Å². The molecule has 0 atom stereocenters. The molecule has 156 valence electrons. The van der Waals surface area contributed by atoms with Crippen LogP contribution in [0.25, 0.3) is 11.3 Å². The Bertz CT molecular complexity index is 1070. The highest BCUT2D eigenvalue weighted by molar-refractivity contribution is 5.89. The zero-order valence-corrected chi connectivity index (χ0v) is 16.9. The topological polar surface area (TPSA) is 68.6 Å². The standard InChI is InChI=1S/C22H23FN4O3/c1-29-20-9-8-15(12-21(20)30-2)19-13-16-14-26(10-5-11-27(16)25-19)22(28)24-18-7-4-3-6-17(18)23/h3-4,6-9,12-13H,5,10-11,14H2,1-2H3,(H,24,28). The van der Waals surface area contributed by atoms with Gasteiger partial charge in [-0.05, 0) is 42.8 Å². The molecule has 4 rings (SSSR count). The summed E-state index contributed by atoms with van der Waals surface area (Å²) in [5.74, 6) is 0.823. The molecular weight excluding hydrogens is 387 g/mol. The number of para-hydroxylation sites is 1. The highest BCUT2D eigenvalue weighted by atomic mass is 19.1. The molecule has 3 aromatic rings. The van der Waals surface area contributed by atoms with Crippen LogP contribution in [0.5, 0.6) is 11.5 Å². The van der Waals surface area contributed by atoms with Crippen molar-refractivity contribution < 1.29 is 18.7 Å². The number of nitrogens with zero attached hydrogens (tertiary/aromatic N) is 3. The van der Waals surface area contributed by atoms with Crippen molar-refractivity contribution in [1.82, 2.24) is 14.7 Å². The van der Waals surface area contributed by atoms with Gasteiger partial charge in [-0.25, -0.2) is 9.18 Å². The maximum atomic E-state index is 13.9. The third kappa shape index (κ3) is 3.94. The number of carbonyl (C=O) groups excluding carboxylic acids is 1. The van der Waals surface area contributed by atoms with Crippen molar-refractivity contribution in [3.05, 3.63) is 60.0 Å². The van der Waals surface area contributed by atoms with Gasteiger partial charge >= 0.3 is 6.03 Å². The number of hydrogen-bond acceptors (Lipinski definition) is 4. The minimum Gasteiger partial charge on any atom is -0.493 e. The monoisotopic (exact) mass is 410 g/mol. The van der Waals surface area contributed by atoms with Gasteiger partial charge in [-0.15, -0.1) is 0 Å². The second kappa shape index (κ2) is 8.44. The van der Waals surface area contributed by atoms with Crippen LogP contribution in [0.4, 0.5) is 14.9 Å². The lowest BCUT2D eigenvalue weighted by atomic mass is 10.1. The molecule has 1 aliphatic rings. The molecule has 0 spiro atoms. The van der Waals surface area contributed by atoms with Gasteiger partial charge in [-0.1, -0.05) is 12.1 Å². The summed E-state index contributed by atoms with van der Waals surface area (Å²) < 4.78 is 26.5. The first-order chi connectivity index (χ1) is 14.6. The number of aromatic nitrogens is 2. The first-order valence-electron chi connectivity index (χ1n) is 9.68. The lowest BCUT2D eigenvalue weighted by Gasteiger charge is -2.20. The third-order valence-electron chi connectivity index (χ3n) is 5.10. The van der Waals surface area contributed by atoms with Gasteiger partial charge in [0, 0.05) is 18.7 Å². The maximum Gasteiger partial charge on any atom is 0.322 e. The van der Waals surface area contributed by atoms with Gasteiger partial charge in [0.15, 0.2) is 11.5 Å². The van der Waals surface area contributed by atoms with E-state index in [1.807, 2.05) is 28.9 Å². The molecule has 1 aromatic heterocycles. The predicted octanol–water partition coefficient (Wildman–Crippen LogP) is 4.14. The van der Waals surface area contributed by atoms with E-state index in [2.05, 4.69) is 5.32 Å². The second-order valence-corrected chi connectivity index (χ2v) is 7.00. The summed E-state index contributed by atoms with van der Waals surface area (Å²) in [4.78, 5) is 14.4. The lowest BCUT2D eigenvalue weighted by molar-refractivity contribution is 0.210. The van der Waals surface area contributed by atoms with Crippen LogP contribution in [0.2, 0.25) is 0 Å². The number of nitrogens with one attached hydrogen (secondary N) is 1. The third-order valence-corrected chi connectivity index (χ3v) is 5.10. The SMILES string of the molecule is COc1ccc(-c2cc3n(n2)CCCN(C(=O)Nc2ccccc2F)C3)cc1OC. The molecule has 0 aliphatic carbocycles. The summed E-state index contributed by atoms with van der Waals surface area (Å²) in [5.41, 5.74) is 2.78. The summed E-state index contributed by atoms with van der Waals surface area (Å²) in [6.45, 7) is 1.65. The second-order valence-electron chi connectivity index (χ2n) is 7.00. The Balaban J connectivity index is 1.55. The number of ether oxygens (including phenoxy) is 2. The summed E-state index contributed by atoms with van der Waals surface area (Å²) in [6, 6.07) is 13.4. The Morgan fingerprint density at radius 2 is 1.87 bits per heavy atom. The zero-order valence-electron chi connectivity index (χ0n) is 16.9. The van der Waals surface area contributed by atoms with Gasteiger partial charge < -0.3 is 19.7 Å². The van der Waals surface area contributed by atoms with Gasteiger partial charge in [-0.2, -0.15) is 5.10 Å². The van der Waals surface area contributed by atoms with Gasteiger partial charge in [0.25, 0.3) is 0 Å². The van der Waals surface area contributed by atoms with Crippen LogP contribution in [0.1, 0.15) is 12.1 Å². The summed E-state index contributed by atoms with van der Waals surface area (Å²) in [6.07, 6.45) is 0.755. The Hall–Kier alpha value is -3.55. The summed E-state index contributed by atoms with van der Waals surface area (Å²) in [5, 5.41) is 7.36. The predicted molar refractivity (Wildman–Crippen MR) is 111 cm³/mol. The molecule has 0 bridgehead atoms. The molecule has 2 aromatic carbocycles. The molecular formula is C22H23FN4O3. The average molecular weight is 410 g/mol. The van der Waals surface area contributed by atoms with E-state index in [1.165, 1.54) is 6.07 Å². The van der Waals surface area contributed by atoms with Crippen LogP contribution in [0, 0.1) is 5.82 Å². The molecule has 0 fully saturated rings. The quantitative estimate of drug-likeness (QED) is 0.702. The minimum absolute atomic E-state index is 0.172. The fraction of sp³-hybridized carbons (Fsp3) is 0.273. The maximum absolute atomic E-state index is 13.9. The van der Waals surface area contributed by atoms with Gasteiger partial charge in [0.2, 0.25) is 0 Å². The van der Waals surface area contributed by atoms with Gasteiger partial charge in [0.05, 0.1) is 37.8 Å². The lowest BCUT2D eigenvalue weighted by Crippen LogP contribution is -2.34. The van der Waals surface area contributed by atoms with Crippen molar-refractivity contribution in [2.24, 2.45) is 0 Å². The number of methoxy groups -OCH3 is 2. The molecule has 8 heteroatoms. The number of fused-ring (bicyclic) bond motifs is 1. The van der Waals surface area contributed by atoms with Gasteiger partial charge in [-0.3, -0.25) is 4.68 Å². The van der Waals surface area contributed by atoms with E-state index < -0.39 is 5.82 Å². The summed E-state index contributed by atoms with van der Waals surface area (Å²) >= 11 is 0. The van der Waals surface area contributed by atoms with E-state index in [1.54, 1.807) is 37.3 Å². The molecule has 30 heavy (non-hydrogen) atoms. The van der Waals surface area contributed by atoms with Crippen molar-refractivity contribution in [3.8, 4) is 22.8 Å². The number of carbonyl (C=O) groups is 1. The van der Waals surface area contributed by atoms with Crippen molar-refractivity contribution in [2.45, 2.75) is 19.5 Å². The largest absolute Gasteiger partial charge is 0.493 e. The number of halogens is 1. The van der Waals surface area contributed by atoms with Crippen molar-refractivity contribution in [2.75, 3.05) is 26.1 Å². The normalized spacial score (nSPS) is 13.4. The molecule has 1 aliphatic heterocycles. The van der Waals surface area contributed by atoms with Crippen LogP contribution in [-0.2, 0) is 13.1 Å². The van der Waals surface area contributed by atoms with Crippen LogP contribution >= 0.6 is 0 Å². The highest BCUT2D eigenvalue weighted by Crippen LogP contribution is 2.32. The number of aryl methyl sites for hydroxylation is 1. The van der Waals surface area contributed by atoms with Crippen LogP contribution in [0.15, 0.2) is 48.5 Å². The molecule has 0 radical (unpaired) electrons. The minimum atomic E-state index is -0.457. The molecule has 7 nitrogen and oxygen atoms in total. The smallest absolute Gasteiger partial charge is 0.322 e. The number of hydrogen-bond donors (Lipinski definition) is 1.